The number of hydrogen-bond acceptors (Lipinski definition) is 3. The Balaban J connectivity index is 2.80. The fraction of sp³-hybridized carbons (Fsp3) is 0.312. The molecule has 0 fully saturated rings. The van der Waals surface area contributed by atoms with Crippen LogP contribution in [0.4, 0.5) is 0 Å². The Labute approximate surface area is 119 Å². The third kappa shape index (κ3) is 5.07. The number of rotatable bonds is 6. The SMILES string of the molecule is C#CCNC(=O)/C=C/c1ccc(OC(C)C)c(OC)c1. The van der Waals surface area contributed by atoms with Gasteiger partial charge in [0, 0.05) is 6.08 Å². The van der Waals surface area contributed by atoms with E-state index in [1.54, 1.807) is 13.2 Å². The van der Waals surface area contributed by atoms with Gasteiger partial charge in [0.15, 0.2) is 11.5 Å². The molecule has 1 rings (SSSR count). The minimum absolute atomic E-state index is 0.0693. The Kier molecular flexibility index (Phi) is 6.18. The first-order valence-corrected chi connectivity index (χ1v) is 6.31. The van der Waals surface area contributed by atoms with Gasteiger partial charge in [-0.2, -0.15) is 0 Å². The van der Waals surface area contributed by atoms with E-state index in [1.807, 2.05) is 32.0 Å². The monoisotopic (exact) mass is 273 g/mol. The lowest BCUT2D eigenvalue weighted by molar-refractivity contribution is -0.116. The summed E-state index contributed by atoms with van der Waals surface area (Å²) in [5.74, 6) is 3.41. The van der Waals surface area contributed by atoms with Gasteiger partial charge in [0.2, 0.25) is 5.91 Å². The number of amides is 1. The molecule has 0 aromatic heterocycles. The van der Waals surface area contributed by atoms with E-state index in [4.69, 9.17) is 15.9 Å². The molecule has 1 aromatic rings. The summed E-state index contributed by atoms with van der Waals surface area (Å²) in [6.07, 6.45) is 8.24. The average Bonchev–Trinajstić information content (AvgIpc) is 2.43. The summed E-state index contributed by atoms with van der Waals surface area (Å²) in [6.45, 7) is 4.11. The molecule has 0 bridgehead atoms. The highest BCUT2D eigenvalue weighted by molar-refractivity contribution is 5.91. The van der Waals surface area contributed by atoms with Crippen LogP contribution >= 0.6 is 0 Å². The van der Waals surface area contributed by atoms with Crippen molar-refractivity contribution in [3.05, 3.63) is 29.8 Å². The average molecular weight is 273 g/mol. The van der Waals surface area contributed by atoms with Crippen LogP contribution in [-0.2, 0) is 4.79 Å². The van der Waals surface area contributed by atoms with Gasteiger partial charge < -0.3 is 14.8 Å². The number of terminal acetylenes is 1. The van der Waals surface area contributed by atoms with Gasteiger partial charge in [0.25, 0.3) is 0 Å². The molecule has 0 aliphatic rings. The summed E-state index contributed by atoms with van der Waals surface area (Å²) in [7, 11) is 1.58. The largest absolute Gasteiger partial charge is 0.493 e. The van der Waals surface area contributed by atoms with Crippen LogP contribution in [-0.4, -0.2) is 25.7 Å². The molecule has 1 N–H and O–H groups in total. The van der Waals surface area contributed by atoms with Crippen LogP contribution in [0, 0.1) is 12.3 Å². The lowest BCUT2D eigenvalue weighted by atomic mass is 10.2. The van der Waals surface area contributed by atoms with E-state index in [2.05, 4.69) is 11.2 Å². The lowest BCUT2D eigenvalue weighted by Gasteiger charge is -2.13. The van der Waals surface area contributed by atoms with Crippen LogP contribution in [0.5, 0.6) is 11.5 Å². The molecule has 0 aliphatic heterocycles. The van der Waals surface area contributed by atoms with Crippen molar-refractivity contribution >= 4 is 12.0 Å². The molecule has 0 unspecified atom stereocenters. The first kappa shape index (κ1) is 15.6. The summed E-state index contributed by atoms with van der Waals surface area (Å²) < 4.78 is 10.9. The van der Waals surface area contributed by atoms with Crippen molar-refractivity contribution in [1.82, 2.24) is 5.32 Å². The first-order chi connectivity index (χ1) is 9.56. The molecule has 0 radical (unpaired) electrons. The van der Waals surface area contributed by atoms with Gasteiger partial charge in [-0.25, -0.2) is 0 Å². The number of methoxy groups -OCH3 is 1. The molecule has 1 aromatic carbocycles. The second kappa shape index (κ2) is 7.90. The van der Waals surface area contributed by atoms with E-state index in [-0.39, 0.29) is 18.6 Å². The highest BCUT2D eigenvalue weighted by Crippen LogP contribution is 2.29. The van der Waals surface area contributed by atoms with Crippen molar-refractivity contribution < 1.29 is 14.3 Å². The minimum atomic E-state index is -0.232. The number of carbonyl (C=O) groups is 1. The van der Waals surface area contributed by atoms with E-state index >= 15 is 0 Å². The Bertz CT molecular complexity index is 527. The Morgan fingerprint density at radius 3 is 2.80 bits per heavy atom. The summed E-state index contributed by atoms with van der Waals surface area (Å²) in [5.41, 5.74) is 0.841. The van der Waals surface area contributed by atoms with Crippen LogP contribution in [0.1, 0.15) is 19.4 Å². The van der Waals surface area contributed by atoms with E-state index in [9.17, 15) is 4.79 Å². The van der Waals surface area contributed by atoms with Gasteiger partial charge in [-0.3, -0.25) is 4.79 Å². The van der Waals surface area contributed by atoms with Crippen molar-refractivity contribution in [3.63, 3.8) is 0 Å². The molecule has 0 aliphatic carbocycles. The van der Waals surface area contributed by atoms with E-state index in [0.717, 1.165) is 5.56 Å². The lowest BCUT2D eigenvalue weighted by Crippen LogP contribution is -2.20. The summed E-state index contributed by atoms with van der Waals surface area (Å²) >= 11 is 0. The van der Waals surface area contributed by atoms with Crippen molar-refractivity contribution in [3.8, 4) is 23.8 Å². The Morgan fingerprint density at radius 1 is 1.45 bits per heavy atom. The maximum absolute atomic E-state index is 11.4. The summed E-state index contributed by atoms with van der Waals surface area (Å²) in [5, 5.41) is 2.55. The topological polar surface area (TPSA) is 47.6 Å². The molecule has 106 valence electrons. The zero-order valence-corrected chi connectivity index (χ0v) is 12.0. The summed E-state index contributed by atoms with van der Waals surface area (Å²) in [4.78, 5) is 11.4. The molecule has 1 amide bonds. The molecule has 0 saturated heterocycles. The Morgan fingerprint density at radius 2 is 2.20 bits per heavy atom. The van der Waals surface area contributed by atoms with Crippen molar-refractivity contribution in [1.29, 1.82) is 0 Å². The molecule has 20 heavy (non-hydrogen) atoms. The maximum atomic E-state index is 11.4. The smallest absolute Gasteiger partial charge is 0.244 e. The molecule has 0 spiro atoms. The highest BCUT2D eigenvalue weighted by atomic mass is 16.5. The molecular weight excluding hydrogens is 254 g/mol. The number of carbonyl (C=O) groups excluding carboxylic acids is 1. The third-order valence-corrected chi connectivity index (χ3v) is 2.34. The van der Waals surface area contributed by atoms with Gasteiger partial charge in [-0.05, 0) is 37.6 Å². The quantitative estimate of drug-likeness (QED) is 0.639. The minimum Gasteiger partial charge on any atom is -0.493 e. The fourth-order valence-corrected chi connectivity index (χ4v) is 1.51. The van der Waals surface area contributed by atoms with E-state index < -0.39 is 0 Å². The summed E-state index contributed by atoms with van der Waals surface area (Å²) in [6, 6.07) is 5.48. The Hall–Kier alpha value is -2.41. The first-order valence-electron chi connectivity index (χ1n) is 6.31. The predicted molar refractivity (Wildman–Crippen MR) is 79.6 cm³/mol. The second-order valence-corrected chi connectivity index (χ2v) is 4.33. The van der Waals surface area contributed by atoms with Crippen LogP contribution in [0.15, 0.2) is 24.3 Å². The molecular formula is C16H19NO3. The molecule has 4 nitrogen and oxygen atoms in total. The van der Waals surface area contributed by atoms with Gasteiger partial charge in [0.05, 0.1) is 19.8 Å². The zero-order valence-electron chi connectivity index (χ0n) is 12.0. The second-order valence-electron chi connectivity index (χ2n) is 4.33. The van der Waals surface area contributed by atoms with Crippen LogP contribution < -0.4 is 14.8 Å². The van der Waals surface area contributed by atoms with E-state index in [1.165, 1.54) is 6.08 Å². The van der Waals surface area contributed by atoms with Crippen molar-refractivity contribution in [2.75, 3.05) is 13.7 Å². The normalized spacial score (nSPS) is 10.3. The number of benzene rings is 1. The standard InChI is InChI=1S/C16H19NO3/c1-5-10-17-16(18)9-7-13-6-8-14(20-12(2)3)15(11-13)19-4/h1,6-9,11-12H,10H2,2-4H3,(H,17,18)/b9-7+. The van der Waals surface area contributed by atoms with Gasteiger partial charge in [-0.15, -0.1) is 6.42 Å². The van der Waals surface area contributed by atoms with E-state index in [0.29, 0.717) is 11.5 Å². The van der Waals surface area contributed by atoms with Gasteiger partial charge in [0.1, 0.15) is 0 Å². The molecule has 0 atom stereocenters. The van der Waals surface area contributed by atoms with Crippen LogP contribution in [0.25, 0.3) is 6.08 Å². The predicted octanol–water partition coefficient (Wildman–Crippen LogP) is 2.25. The van der Waals surface area contributed by atoms with Crippen LogP contribution in [0.3, 0.4) is 0 Å². The highest BCUT2D eigenvalue weighted by Gasteiger charge is 2.06. The molecule has 0 heterocycles. The number of nitrogens with one attached hydrogen (secondary N) is 1. The van der Waals surface area contributed by atoms with Crippen LogP contribution in [0.2, 0.25) is 0 Å². The molecule has 4 heteroatoms. The fourth-order valence-electron chi connectivity index (χ4n) is 1.51. The maximum Gasteiger partial charge on any atom is 0.244 e. The van der Waals surface area contributed by atoms with Crippen molar-refractivity contribution in [2.45, 2.75) is 20.0 Å². The number of hydrogen-bond donors (Lipinski definition) is 1. The third-order valence-electron chi connectivity index (χ3n) is 2.34. The number of ether oxygens (including phenoxy) is 2. The molecule has 0 saturated carbocycles. The van der Waals surface area contributed by atoms with Crippen molar-refractivity contribution in [2.24, 2.45) is 0 Å². The zero-order chi connectivity index (χ0) is 15.0. The van der Waals surface area contributed by atoms with Gasteiger partial charge in [-0.1, -0.05) is 12.0 Å². The van der Waals surface area contributed by atoms with Gasteiger partial charge >= 0.3 is 0 Å².